The second-order valence-electron chi connectivity index (χ2n) is 4.45. The van der Waals surface area contributed by atoms with E-state index in [4.69, 9.17) is 11.6 Å². The Labute approximate surface area is 112 Å². The maximum Gasteiger partial charge on any atom is 0.0796 e. The molecule has 96 valence electrons. The van der Waals surface area contributed by atoms with Crippen LogP contribution in [0.1, 0.15) is 29.3 Å². The first-order chi connectivity index (χ1) is 8.59. The van der Waals surface area contributed by atoms with Crippen molar-refractivity contribution in [2.75, 3.05) is 0 Å². The molecule has 1 N–H and O–H groups in total. The zero-order valence-electron chi connectivity index (χ0n) is 10.6. The number of aryl methyl sites for hydroxylation is 2. The maximum absolute atomic E-state index is 10.2. The first kappa shape index (κ1) is 13.1. The van der Waals surface area contributed by atoms with Crippen LogP contribution in [0.5, 0.6) is 0 Å². The number of hydrogen-bond acceptors (Lipinski definition) is 2. The Morgan fingerprint density at radius 2 is 2.17 bits per heavy atom. The highest BCUT2D eigenvalue weighted by atomic mass is 35.5. The number of hydrogen-bond donors (Lipinski definition) is 1. The third kappa shape index (κ3) is 2.74. The molecule has 1 unspecified atom stereocenters. The van der Waals surface area contributed by atoms with E-state index >= 15 is 0 Å². The lowest BCUT2D eigenvalue weighted by molar-refractivity contribution is 0.166. The van der Waals surface area contributed by atoms with E-state index in [9.17, 15) is 5.11 Å². The predicted molar refractivity (Wildman–Crippen MR) is 72.7 cm³/mol. The van der Waals surface area contributed by atoms with Gasteiger partial charge in [0.1, 0.15) is 0 Å². The van der Waals surface area contributed by atoms with Crippen molar-refractivity contribution < 1.29 is 5.11 Å². The smallest absolute Gasteiger partial charge is 0.0796 e. The molecular formula is C14H17ClN2O. The largest absolute Gasteiger partial charge is 0.388 e. The summed E-state index contributed by atoms with van der Waals surface area (Å²) in [6.07, 6.45) is 2.75. The van der Waals surface area contributed by atoms with E-state index in [1.807, 2.05) is 42.9 Å². The summed E-state index contributed by atoms with van der Waals surface area (Å²) < 4.78 is 1.83. The standard InChI is InChI=1S/C14H17ClN2O/c1-10-12(4-3-5-13(10)15)14(18)7-6-11-8-9-16-17(11)2/h3-5,8-9,14,18H,6-7H2,1-2H3. The summed E-state index contributed by atoms with van der Waals surface area (Å²) in [7, 11) is 1.91. The van der Waals surface area contributed by atoms with Gasteiger partial charge in [0.05, 0.1) is 6.10 Å². The molecule has 1 aromatic heterocycles. The van der Waals surface area contributed by atoms with E-state index in [0.29, 0.717) is 11.4 Å². The lowest BCUT2D eigenvalue weighted by atomic mass is 9.99. The van der Waals surface area contributed by atoms with Gasteiger partial charge >= 0.3 is 0 Å². The highest BCUT2D eigenvalue weighted by Crippen LogP contribution is 2.26. The van der Waals surface area contributed by atoms with Crippen molar-refractivity contribution in [1.82, 2.24) is 9.78 Å². The van der Waals surface area contributed by atoms with Crippen molar-refractivity contribution in [3.63, 3.8) is 0 Å². The number of aliphatic hydroxyl groups excluding tert-OH is 1. The second kappa shape index (κ2) is 5.55. The van der Waals surface area contributed by atoms with Crippen LogP contribution in [0.3, 0.4) is 0 Å². The Morgan fingerprint density at radius 1 is 1.39 bits per heavy atom. The number of nitrogens with zero attached hydrogens (tertiary/aromatic N) is 2. The number of aliphatic hydroxyl groups is 1. The molecule has 1 aromatic carbocycles. The Kier molecular flexibility index (Phi) is 4.04. The highest BCUT2D eigenvalue weighted by molar-refractivity contribution is 6.31. The van der Waals surface area contributed by atoms with E-state index < -0.39 is 6.10 Å². The van der Waals surface area contributed by atoms with E-state index in [1.165, 1.54) is 0 Å². The third-order valence-electron chi connectivity index (χ3n) is 3.26. The number of benzene rings is 1. The predicted octanol–water partition coefficient (Wildman–Crippen LogP) is 3.05. The van der Waals surface area contributed by atoms with E-state index in [2.05, 4.69) is 5.10 Å². The zero-order valence-corrected chi connectivity index (χ0v) is 11.4. The van der Waals surface area contributed by atoms with Crippen LogP contribution in [0.2, 0.25) is 5.02 Å². The van der Waals surface area contributed by atoms with Gasteiger partial charge in [-0.2, -0.15) is 5.10 Å². The first-order valence-corrected chi connectivity index (χ1v) is 6.37. The maximum atomic E-state index is 10.2. The van der Waals surface area contributed by atoms with Crippen LogP contribution in [0.25, 0.3) is 0 Å². The van der Waals surface area contributed by atoms with E-state index in [-0.39, 0.29) is 0 Å². The van der Waals surface area contributed by atoms with Crippen molar-refractivity contribution >= 4 is 11.6 Å². The molecule has 2 aromatic rings. The molecule has 0 fully saturated rings. The molecule has 0 saturated heterocycles. The summed E-state index contributed by atoms with van der Waals surface area (Å²) >= 11 is 6.06. The first-order valence-electron chi connectivity index (χ1n) is 5.99. The Hall–Kier alpha value is -1.32. The van der Waals surface area contributed by atoms with Crippen LogP contribution in [0, 0.1) is 6.92 Å². The molecule has 0 bridgehead atoms. The minimum atomic E-state index is -0.487. The van der Waals surface area contributed by atoms with Gasteiger partial charge in [0.25, 0.3) is 0 Å². The van der Waals surface area contributed by atoms with Gasteiger partial charge in [-0.1, -0.05) is 23.7 Å². The van der Waals surface area contributed by atoms with Crippen molar-refractivity contribution in [2.45, 2.75) is 25.9 Å². The quantitative estimate of drug-likeness (QED) is 0.922. The molecule has 3 nitrogen and oxygen atoms in total. The fourth-order valence-electron chi connectivity index (χ4n) is 2.07. The fraction of sp³-hybridized carbons (Fsp3) is 0.357. The van der Waals surface area contributed by atoms with Crippen molar-refractivity contribution in [1.29, 1.82) is 0 Å². The molecule has 0 aliphatic heterocycles. The molecule has 18 heavy (non-hydrogen) atoms. The Balaban J connectivity index is 2.06. The van der Waals surface area contributed by atoms with Gasteiger partial charge in [0.15, 0.2) is 0 Å². The molecule has 2 rings (SSSR count). The van der Waals surface area contributed by atoms with Crippen LogP contribution < -0.4 is 0 Å². The normalized spacial score (nSPS) is 12.7. The van der Waals surface area contributed by atoms with Gasteiger partial charge < -0.3 is 5.11 Å². The van der Waals surface area contributed by atoms with Gasteiger partial charge in [-0.3, -0.25) is 4.68 Å². The average Bonchev–Trinajstić information content (AvgIpc) is 2.75. The lowest BCUT2D eigenvalue weighted by Crippen LogP contribution is -2.05. The van der Waals surface area contributed by atoms with E-state index in [0.717, 1.165) is 23.2 Å². The van der Waals surface area contributed by atoms with Gasteiger partial charge in [-0.25, -0.2) is 0 Å². The second-order valence-corrected chi connectivity index (χ2v) is 4.86. The molecular weight excluding hydrogens is 248 g/mol. The molecule has 0 saturated carbocycles. The molecule has 0 spiro atoms. The van der Waals surface area contributed by atoms with Gasteiger partial charge in [-0.05, 0) is 43.0 Å². The lowest BCUT2D eigenvalue weighted by Gasteiger charge is -2.14. The van der Waals surface area contributed by atoms with Crippen molar-refractivity contribution in [3.05, 3.63) is 52.3 Å². The van der Waals surface area contributed by atoms with Gasteiger partial charge in [0.2, 0.25) is 0 Å². The van der Waals surface area contributed by atoms with Gasteiger partial charge in [-0.15, -0.1) is 0 Å². The minimum Gasteiger partial charge on any atom is -0.388 e. The molecule has 1 heterocycles. The summed E-state index contributed by atoms with van der Waals surface area (Å²) in [5.74, 6) is 0. The summed E-state index contributed by atoms with van der Waals surface area (Å²) in [5, 5.41) is 15.0. The van der Waals surface area contributed by atoms with Crippen LogP contribution in [0.4, 0.5) is 0 Å². The van der Waals surface area contributed by atoms with Crippen LogP contribution in [-0.4, -0.2) is 14.9 Å². The molecule has 0 amide bonds. The Morgan fingerprint density at radius 3 is 2.83 bits per heavy atom. The van der Waals surface area contributed by atoms with Crippen LogP contribution in [0.15, 0.2) is 30.5 Å². The van der Waals surface area contributed by atoms with Crippen LogP contribution >= 0.6 is 11.6 Å². The SMILES string of the molecule is Cc1c(Cl)cccc1C(O)CCc1ccnn1C. The van der Waals surface area contributed by atoms with Crippen LogP contribution in [-0.2, 0) is 13.5 Å². The molecule has 1 atom stereocenters. The van der Waals surface area contributed by atoms with Gasteiger partial charge in [0, 0.05) is 24.0 Å². The van der Waals surface area contributed by atoms with Crippen molar-refractivity contribution in [2.24, 2.45) is 7.05 Å². The molecule has 0 aliphatic rings. The third-order valence-corrected chi connectivity index (χ3v) is 3.67. The molecule has 4 heteroatoms. The van der Waals surface area contributed by atoms with Crippen molar-refractivity contribution in [3.8, 4) is 0 Å². The zero-order chi connectivity index (χ0) is 13.1. The Bertz CT molecular complexity index is 536. The summed E-state index contributed by atoms with van der Waals surface area (Å²) in [5.41, 5.74) is 2.98. The molecule has 0 aliphatic carbocycles. The summed E-state index contributed by atoms with van der Waals surface area (Å²) in [4.78, 5) is 0. The fourth-order valence-corrected chi connectivity index (χ4v) is 2.25. The number of aromatic nitrogens is 2. The summed E-state index contributed by atoms with van der Waals surface area (Å²) in [6, 6.07) is 7.61. The average molecular weight is 265 g/mol. The highest BCUT2D eigenvalue weighted by Gasteiger charge is 2.12. The number of halogens is 1. The topological polar surface area (TPSA) is 38.1 Å². The molecule has 0 radical (unpaired) electrons. The number of rotatable bonds is 4. The minimum absolute atomic E-state index is 0.487. The summed E-state index contributed by atoms with van der Waals surface area (Å²) in [6.45, 7) is 1.94. The van der Waals surface area contributed by atoms with E-state index in [1.54, 1.807) is 6.20 Å². The monoisotopic (exact) mass is 264 g/mol.